The Morgan fingerprint density at radius 3 is 2.54 bits per heavy atom. The topological polar surface area (TPSA) is 87.7 Å². The molecule has 1 aliphatic rings. The largest absolute Gasteiger partial charge is 0.438 e. The molecule has 2 N–H and O–H groups in total. The number of carbonyl (C=O) groups is 3. The third-order valence-electron chi connectivity index (χ3n) is 5.70. The fraction of sp³-hybridized carbons (Fsp3) is 0.222. The maximum absolute atomic E-state index is 13.0. The first-order chi connectivity index (χ1) is 16.9. The first-order valence-corrected chi connectivity index (χ1v) is 11.7. The fourth-order valence-corrected chi connectivity index (χ4v) is 4.32. The number of anilines is 1. The highest BCUT2D eigenvalue weighted by molar-refractivity contribution is 6.30. The Balaban J connectivity index is 1.60. The van der Waals surface area contributed by atoms with Crippen LogP contribution in [-0.2, 0) is 16.1 Å². The predicted octanol–water partition coefficient (Wildman–Crippen LogP) is 5.10. The van der Waals surface area contributed by atoms with Gasteiger partial charge in [-0.15, -0.1) is 0 Å². The van der Waals surface area contributed by atoms with Gasteiger partial charge in [-0.05, 0) is 61.4 Å². The van der Waals surface area contributed by atoms with Crippen molar-refractivity contribution in [1.82, 2.24) is 10.2 Å². The van der Waals surface area contributed by atoms with Crippen molar-refractivity contribution < 1.29 is 19.1 Å². The summed E-state index contributed by atoms with van der Waals surface area (Å²) in [6, 6.07) is 20.5. The van der Waals surface area contributed by atoms with E-state index in [1.54, 1.807) is 54.6 Å². The number of ether oxygens (including phenoxy) is 1. The molecule has 0 bridgehead atoms. The van der Waals surface area contributed by atoms with Gasteiger partial charge in [0.25, 0.3) is 5.91 Å². The Labute approximate surface area is 209 Å². The number of benzene rings is 3. The van der Waals surface area contributed by atoms with Gasteiger partial charge >= 0.3 is 6.09 Å². The predicted molar refractivity (Wildman–Crippen MR) is 134 cm³/mol. The van der Waals surface area contributed by atoms with E-state index in [1.165, 1.54) is 4.90 Å². The molecule has 1 aliphatic heterocycles. The Kier molecular flexibility index (Phi) is 7.36. The van der Waals surface area contributed by atoms with Crippen molar-refractivity contribution >= 4 is 35.2 Å². The van der Waals surface area contributed by atoms with Crippen LogP contribution in [-0.4, -0.2) is 35.4 Å². The van der Waals surface area contributed by atoms with Crippen LogP contribution < -0.4 is 10.6 Å². The van der Waals surface area contributed by atoms with Crippen molar-refractivity contribution in [2.24, 2.45) is 0 Å². The summed E-state index contributed by atoms with van der Waals surface area (Å²) in [5.41, 5.74) is 3.44. The number of aryl methyl sites for hydroxylation is 1. The number of nitrogens with zero attached hydrogens (tertiary/aromatic N) is 1. The summed E-state index contributed by atoms with van der Waals surface area (Å²) in [6.07, 6.45) is -1.44. The molecule has 1 saturated heterocycles. The summed E-state index contributed by atoms with van der Waals surface area (Å²) in [7, 11) is 0. The smallest absolute Gasteiger partial charge is 0.411 e. The number of halogens is 1. The van der Waals surface area contributed by atoms with E-state index in [9.17, 15) is 14.4 Å². The van der Waals surface area contributed by atoms with Crippen LogP contribution >= 0.6 is 11.6 Å². The van der Waals surface area contributed by atoms with Crippen molar-refractivity contribution in [2.75, 3.05) is 11.9 Å². The lowest BCUT2D eigenvalue weighted by Gasteiger charge is -2.24. The van der Waals surface area contributed by atoms with Gasteiger partial charge in [0.1, 0.15) is 0 Å². The van der Waals surface area contributed by atoms with Gasteiger partial charge in [0.2, 0.25) is 5.91 Å². The minimum absolute atomic E-state index is 0.168. The van der Waals surface area contributed by atoms with Crippen LogP contribution in [0.15, 0.2) is 72.8 Å². The average Bonchev–Trinajstić information content (AvgIpc) is 3.15. The van der Waals surface area contributed by atoms with E-state index in [0.717, 1.165) is 11.1 Å². The van der Waals surface area contributed by atoms with Crippen LogP contribution in [0.2, 0.25) is 5.02 Å². The molecule has 4 rings (SSSR count). The molecule has 35 heavy (non-hydrogen) atoms. The quantitative estimate of drug-likeness (QED) is 0.481. The molecule has 7 nitrogen and oxygen atoms in total. The molecule has 0 aliphatic carbocycles. The molecule has 0 spiro atoms. The Morgan fingerprint density at radius 1 is 1.03 bits per heavy atom. The monoisotopic (exact) mass is 491 g/mol. The van der Waals surface area contributed by atoms with Crippen LogP contribution in [0.25, 0.3) is 0 Å². The van der Waals surface area contributed by atoms with Crippen molar-refractivity contribution in [1.29, 1.82) is 0 Å². The highest BCUT2D eigenvalue weighted by Crippen LogP contribution is 2.35. The van der Waals surface area contributed by atoms with E-state index >= 15 is 0 Å². The second kappa shape index (κ2) is 10.6. The molecule has 2 atom stereocenters. The lowest BCUT2D eigenvalue weighted by molar-refractivity contribution is -0.126. The lowest BCUT2D eigenvalue weighted by atomic mass is 10.00. The van der Waals surface area contributed by atoms with Crippen LogP contribution in [0.5, 0.6) is 0 Å². The fourth-order valence-electron chi connectivity index (χ4n) is 4.10. The SMILES string of the molecule is CCNC(=O)[C@@H]1[C@@H](c2cccc(NC(=O)c3cccc(C)c3)c2)OC(=O)N1Cc1cccc(Cl)c1. The van der Waals surface area contributed by atoms with E-state index in [4.69, 9.17) is 16.3 Å². The number of rotatable bonds is 7. The summed E-state index contributed by atoms with van der Waals surface area (Å²) in [5, 5.41) is 6.22. The van der Waals surface area contributed by atoms with E-state index in [-0.39, 0.29) is 18.4 Å². The van der Waals surface area contributed by atoms with Gasteiger partial charge in [-0.2, -0.15) is 0 Å². The zero-order chi connectivity index (χ0) is 24.9. The highest BCUT2D eigenvalue weighted by Gasteiger charge is 2.46. The third-order valence-corrected chi connectivity index (χ3v) is 5.93. The molecule has 1 fully saturated rings. The second-order valence-electron chi connectivity index (χ2n) is 8.35. The van der Waals surface area contributed by atoms with Gasteiger partial charge in [-0.3, -0.25) is 14.5 Å². The van der Waals surface area contributed by atoms with Crippen LogP contribution in [0, 0.1) is 6.92 Å². The van der Waals surface area contributed by atoms with Gasteiger partial charge in [-0.1, -0.05) is 53.6 Å². The first-order valence-electron chi connectivity index (χ1n) is 11.3. The number of cyclic esters (lactones) is 1. The third kappa shape index (κ3) is 5.63. The first kappa shape index (κ1) is 24.3. The number of carbonyl (C=O) groups excluding carboxylic acids is 3. The van der Waals surface area contributed by atoms with E-state index < -0.39 is 18.2 Å². The molecule has 0 saturated carbocycles. The normalized spacial score (nSPS) is 17.1. The van der Waals surface area contributed by atoms with Crippen LogP contribution in [0.1, 0.15) is 40.1 Å². The van der Waals surface area contributed by atoms with Crippen LogP contribution in [0.4, 0.5) is 10.5 Å². The minimum atomic E-state index is -0.885. The van der Waals surface area contributed by atoms with Crippen molar-refractivity contribution in [3.05, 3.63) is 100 Å². The van der Waals surface area contributed by atoms with E-state index in [2.05, 4.69) is 10.6 Å². The molecular weight excluding hydrogens is 466 g/mol. The van der Waals surface area contributed by atoms with Crippen molar-refractivity contribution in [3.63, 3.8) is 0 Å². The maximum atomic E-state index is 13.0. The molecule has 3 aromatic rings. The second-order valence-corrected chi connectivity index (χ2v) is 8.79. The van der Waals surface area contributed by atoms with Crippen LogP contribution in [0.3, 0.4) is 0 Å². The molecule has 3 aromatic carbocycles. The Hall–Kier alpha value is -3.84. The van der Waals surface area contributed by atoms with E-state index in [0.29, 0.717) is 28.4 Å². The summed E-state index contributed by atoms with van der Waals surface area (Å²) >= 11 is 6.10. The highest BCUT2D eigenvalue weighted by atomic mass is 35.5. The zero-order valence-electron chi connectivity index (χ0n) is 19.5. The summed E-state index contributed by atoms with van der Waals surface area (Å²) in [4.78, 5) is 40.0. The van der Waals surface area contributed by atoms with Gasteiger partial charge in [0.15, 0.2) is 12.1 Å². The van der Waals surface area contributed by atoms with Gasteiger partial charge < -0.3 is 15.4 Å². The molecular formula is C27H26ClN3O4. The standard InChI is InChI=1S/C27H26ClN3O4/c1-3-29-26(33)23-24(35-27(34)31(23)16-18-8-5-11-21(28)14-18)19-9-6-12-22(15-19)30-25(32)20-10-4-7-17(2)13-20/h4-15,23-24H,3,16H2,1-2H3,(H,29,33)(H,30,32)/t23-,24+/m0/s1. The maximum Gasteiger partial charge on any atom is 0.411 e. The zero-order valence-corrected chi connectivity index (χ0v) is 20.2. The number of hydrogen-bond donors (Lipinski definition) is 2. The average molecular weight is 492 g/mol. The van der Waals surface area contributed by atoms with Crippen molar-refractivity contribution in [2.45, 2.75) is 32.5 Å². The minimum Gasteiger partial charge on any atom is -0.438 e. The number of amides is 3. The van der Waals surface area contributed by atoms with Gasteiger partial charge in [0, 0.05) is 22.8 Å². The number of hydrogen-bond acceptors (Lipinski definition) is 4. The van der Waals surface area contributed by atoms with E-state index in [1.807, 2.05) is 32.0 Å². The van der Waals surface area contributed by atoms with Gasteiger partial charge in [0.05, 0.1) is 6.54 Å². The molecule has 180 valence electrons. The molecule has 0 aromatic heterocycles. The Morgan fingerprint density at radius 2 is 1.80 bits per heavy atom. The molecule has 0 unspecified atom stereocenters. The molecule has 0 radical (unpaired) electrons. The lowest BCUT2D eigenvalue weighted by Crippen LogP contribution is -2.46. The summed E-state index contributed by atoms with van der Waals surface area (Å²) in [5.74, 6) is -0.572. The molecule has 1 heterocycles. The molecule has 3 amide bonds. The molecule has 8 heteroatoms. The van der Waals surface area contributed by atoms with Crippen molar-refractivity contribution in [3.8, 4) is 0 Å². The number of likely N-dealkylation sites (N-methyl/N-ethyl adjacent to an activating group) is 1. The Bertz CT molecular complexity index is 1260. The summed E-state index contributed by atoms with van der Waals surface area (Å²) < 4.78 is 5.68. The number of nitrogens with one attached hydrogen (secondary N) is 2. The summed E-state index contributed by atoms with van der Waals surface area (Å²) in [6.45, 7) is 4.31. The van der Waals surface area contributed by atoms with Gasteiger partial charge in [-0.25, -0.2) is 4.79 Å².